The minimum Gasteiger partial charge on any atom is -0.389 e. The Morgan fingerprint density at radius 1 is 1.16 bits per heavy atom. The summed E-state index contributed by atoms with van der Waals surface area (Å²) in [5.74, 6) is 0. The van der Waals surface area contributed by atoms with Crippen LogP contribution in [0.15, 0.2) is 48.5 Å². The molecule has 0 fully saturated rings. The maximum absolute atomic E-state index is 9.82. The van der Waals surface area contributed by atoms with Crippen molar-refractivity contribution < 1.29 is 5.11 Å². The minimum absolute atomic E-state index is 0.474. The van der Waals surface area contributed by atoms with Crippen LogP contribution in [-0.2, 0) is 6.54 Å². The maximum atomic E-state index is 9.82. The summed E-state index contributed by atoms with van der Waals surface area (Å²) in [6.07, 6.45) is -0.474. The Bertz CT molecular complexity index is 554. The Kier molecular flexibility index (Phi) is 4.46. The summed E-state index contributed by atoms with van der Waals surface area (Å²) in [4.78, 5) is 2.12. The average molecular weight is 276 g/mol. The third-order valence-electron chi connectivity index (χ3n) is 3.11. The minimum atomic E-state index is -0.474. The summed E-state index contributed by atoms with van der Waals surface area (Å²) in [6.45, 7) is 2.54. The summed E-state index contributed by atoms with van der Waals surface area (Å²) in [6, 6.07) is 15.7. The first-order valence-electron chi connectivity index (χ1n) is 6.30. The molecule has 1 N–H and O–H groups in total. The molecule has 0 radical (unpaired) electrons. The summed E-state index contributed by atoms with van der Waals surface area (Å²) >= 11 is 6.00. The van der Waals surface area contributed by atoms with E-state index in [4.69, 9.17) is 11.6 Å². The molecule has 0 aliphatic carbocycles. The second-order valence-corrected chi connectivity index (χ2v) is 5.16. The van der Waals surface area contributed by atoms with Crippen molar-refractivity contribution in [1.29, 1.82) is 0 Å². The Labute approximate surface area is 119 Å². The van der Waals surface area contributed by atoms with Crippen molar-refractivity contribution in [1.82, 2.24) is 0 Å². The van der Waals surface area contributed by atoms with Gasteiger partial charge in [-0.1, -0.05) is 41.9 Å². The second kappa shape index (κ2) is 6.09. The molecule has 0 amide bonds. The lowest BCUT2D eigenvalue weighted by Gasteiger charge is -2.23. The lowest BCUT2D eigenvalue weighted by Crippen LogP contribution is -2.18. The molecule has 1 atom stereocenters. The largest absolute Gasteiger partial charge is 0.389 e. The summed E-state index contributed by atoms with van der Waals surface area (Å²) in [7, 11) is 2.02. The predicted octanol–water partition coefficient (Wildman–Crippen LogP) is 4.03. The van der Waals surface area contributed by atoms with Gasteiger partial charge >= 0.3 is 0 Å². The van der Waals surface area contributed by atoms with Gasteiger partial charge in [0.05, 0.1) is 6.10 Å². The molecular weight excluding hydrogens is 258 g/mol. The lowest BCUT2D eigenvalue weighted by molar-refractivity contribution is 0.199. The van der Waals surface area contributed by atoms with E-state index in [9.17, 15) is 5.11 Å². The predicted molar refractivity (Wildman–Crippen MR) is 80.6 cm³/mol. The standard InChI is InChI=1S/C16H18ClNO/c1-12(19)15-8-3-4-9-16(15)18(2)11-13-6-5-7-14(17)10-13/h3-10,12,19H,11H2,1-2H3/t12-/m0/s1. The second-order valence-electron chi connectivity index (χ2n) is 4.72. The van der Waals surface area contributed by atoms with Crippen molar-refractivity contribution in [3.63, 3.8) is 0 Å². The van der Waals surface area contributed by atoms with Crippen LogP contribution >= 0.6 is 11.6 Å². The highest BCUT2D eigenvalue weighted by atomic mass is 35.5. The van der Waals surface area contributed by atoms with E-state index in [0.29, 0.717) is 0 Å². The van der Waals surface area contributed by atoms with Crippen LogP contribution < -0.4 is 4.90 Å². The SMILES string of the molecule is C[C@H](O)c1ccccc1N(C)Cc1cccc(Cl)c1. The van der Waals surface area contributed by atoms with Crippen LogP contribution in [0.4, 0.5) is 5.69 Å². The van der Waals surface area contributed by atoms with E-state index >= 15 is 0 Å². The Balaban J connectivity index is 2.23. The Hall–Kier alpha value is -1.51. The highest BCUT2D eigenvalue weighted by Gasteiger charge is 2.11. The zero-order valence-corrected chi connectivity index (χ0v) is 11.9. The van der Waals surface area contributed by atoms with Gasteiger partial charge in [0.2, 0.25) is 0 Å². The van der Waals surface area contributed by atoms with E-state index in [1.54, 1.807) is 6.92 Å². The number of benzene rings is 2. The molecule has 0 spiro atoms. The van der Waals surface area contributed by atoms with Crippen molar-refractivity contribution in [3.8, 4) is 0 Å². The summed E-state index contributed by atoms with van der Waals surface area (Å²) in [5, 5.41) is 10.6. The molecule has 0 heterocycles. The average Bonchev–Trinajstić information content (AvgIpc) is 2.38. The number of hydrogen-bond acceptors (Lipinski definition) is 2. The number of aliphatic hydroxyl groups is 1. The van der Waals surface area contributed by atoms with Crippen molar-refractivity contribution in [3.05, 3.63) is 64.7 Å². The van der Waals surface area contributed by atoms with Crippen LogP contribution in [0.1, 0.15) is 24.2 Å². The van der Waals surface area contributed by atoms with Gasteiger partial charge in [-0.2, -0.15) is 0 Å². The van der Waals surface area contributed by atoms with E-state index in [2.05, 4.69) is 4.90 Å². The van der Waals surface area contributed by atoms with Crippen molar-refractivity contribution in [2.24, 2.45) is 0 Å². The molecule has 3 heteroatoms. The Morgan fingerprint density at radius 2 is 1.89 bits per heavy atom. The quantitative estimate of drug-likeness (QED) is 0.911. The highest BCUT2D eigenvalue weighted by molar-refractivity contribution is 6.30. The first-order valence-corrected chi connectivity index (χ1v) is 6.68. The van der Waals surface area contributed by atoms with Crippen molar-refractivity contribution >= 4 is 17.3 Å². The van der Waals surface area contributed by atoms with Crippen LogP contribution in [-0.4, -0.2) is 12.2 Å². The molecule has 2 rings (SSSR count). The van der Waals surface area contributed by atoms with Gasteiger partial charge in [-0.05, 0) is 30.7 Å². The van der Waals surface area contributed by atoms with Gasteiger partial charge in [-0.25, -0.2) is 0 Å². The van der Waals surface area contributed by atoms with Crippen LogP contribution in [0.2, 0.25) is 5.02 Å². The summed E-state index contributed by atoms with van der Waals surface area (Å²) < 4.78 is 0. The molecule has 0 aromatic heterocycles. The molecule has 0 aliphatic heterocycles. The monoisotopic (exact) mass is 275 g/mol. The zero-order valence-electron chi connectivity index (χ0n) is 11.2. The number of aliphatic hydroxyl groups excluding tert-OH is 1. The Morgan fingerprint density at radius 3 is 2.58 bits per heavy atom. The third kappa shape index (κ3) is 3.49. The molecule has 2 aromatic carbocycles. The lowest BCUT2D eigenvalue weighted by atomic mass is 10.1. The number of nitrogens with zero attached hydrogens (tertiary/aromatic N) is 1. The van der Waals surface area contributed by atoms with Crippen LogP contribution in [0, 0.1) is 0 Å². The van der Waals surface area contributed by atoms with Gasteiger partial charge in [0.15, 0.2) is 0 Å². The topological polar surface area (TPSA) is 23.5 Å². The first kappa shape index (κ1) is 13.9. The molecule has 0 bridgehead atoms. The van der Waals surface area contributed by atoms with Crippen LogP contribution in [0.5, 0.6) is 0 Å². The molecule has 0 unspecified atom stereocenters. The fraction of sp³-hybridized carbons (Fsp3) is 0.250. The van der Waals surface area contributed by atoms with Crippen molar-refractivity contribution in [2.45, 2.75) is 19.6 Å². The molecule has 0 saturated heterocycles. The van der Waals surface area contributed by atoms with Gasteiger partial charge in [0.25, 0.3) is 0 Å². The van der Waals surface area contributed by atoms with Crippen LogP contribution in [0.25, 0.3) is 0 Å². The fourth-order valence-electron chi connectivity index (χ4n) is 2.18. The highest BCUT2D eigenvalue weighted by Crippen LogP contribution is 2.26. The number of halogens is 1. The first-order chi connectivity index (χ1) is 9.08. The fourth-order valence-corrected chi connectivity index (χ4v) is 2.40. The van der Waals surface area contributed by atoms with E-state index in [1.807, 2.05) is 55.6 Å². The van der Waals surface area contributed by atoms with E-state index < -0.39 is 6.10 Å². The van der Waals surface area contributed by atoms with Gasteiger partial charge in [-0.15, -0.1) is 0 Å². The van der Waals surface area contributed by atoms with Gasteiger partial charge < -0.3 is 10.0 Å². The number of para-hydroxylation sites is 1. The molecule has 2 aromatic rings. The normalized spacial score (nSPS) is 12.2. The van der Waals surface area contributed by atoms with E-state index in [0.717, 1.165) is 28.4 Å². The van der Waals surface area contributed by atoms with Gasteiger partial charge in [-0.3, -0.25) is 0 Å². The van der Waals surface area contributed by atoms with Gasteiger partial charge in [0, 0.05) is 29.9 Å². The van der Waals surface area contributed by atoms with Crippen LogP contribution in [0.3, 0.4) is 0 Å². The molecule has 100 valence electrons. The number of anilines is 1. The van der Waals surface area contributed by atoms with Gasteiger partial charge in [0.1, 0.15) is 0 Å². The van der Waals surface area contributed by atoms with E-state index in [1.165, 1.54) is 0 Å². The molecular formula is C16H18ClNO. The molecule has 2 nitrogen and oxygen atoms in total. The number of rotatable bonds is 4. The smallest absolute Gasteiger partial charge is 0.0781 e. The zero-order chi connectivity index (χ0) is 13.8. The molecule has 0 saturated carbocycles. The third-order valence-corrected chi connectivity index (χ3v) is 3.34. The van der Waals surface area contributed by atoms with E-state index in [-0.39, 0.29) is 0 Å². The molecule has 19 heavy (non-hydrogen) atoms. The summed E-state index contributed by atoms with van der Waals surface area (Å²) in [5.41, 5.74) is 3.12. The molecule has 0 aliphatic rings. The van der Waals surface area contributed by atoms with Crippen molar-refractivity contribution in [2.75, 3.05) is 11.9 Å². The number of hydrogen-bond donors (Lipinski definition) is 1. The maximum Gasteiger partial charge on any atom is 0.0781 e.